The van der Waals surface area contributed by atoms with Crippen molar-refractivity contribution in [3.63, 3.8) is 0 Å². The molecule has 0 aliphatic carbocycles. The fraction of sp³-hybridized carbons (Fsp3) is 0.571. The summed E-state index contributed by atoms with van der Waals surface area (Å²) in [5, 5.41) is 3.07. The van der Waals surface area contributed by atoms with Crippen molar-refractivity contribution in [2.75, 3.05) is 13.9 Å². The van der Waals surface area contributed by atoms with E-state index >= 15 is 0 Å². The molecular weight excluding hydrogens is 406 g/mol. The van der Waals surface area contributed by atoms with Gasteiger partial charge in [0, 0.05) is 11.9 Å². The quantitative estimate of drug-likeness (QED) is 0.427. The van der Waals surface area contributed by atoms with E-state index in [4.69, 9.17) is 9.47 Å². The molecular formula is C21H27N3O5S. The first-order valence-corrected chi connectivity index (χ1v) is 10.8. The van der Waals surface area contributed by atoms with E-state index in [2.05, 4.69) is 5.32 Å². The molecule has 8 nitrogen and oxygen atoms in total. The van der Waals surface area contributed by atoms with Crippen molar-refractivity contribution < 1.29 is 23.9 Å². The number of carbonyl (C=O) groups is 3. The summed E-state index contributed by atoms with van der Waals surface area (Å²) >= 11 is 1.53. The van der Waals surface area contributed by atoms with E-state index in [0.29, 0.717) is 0 Å². The van der Waals surface area contributed by atoms with E-state index in [-0.39, 0.29) is 24.0 Å². The average Bonchev–Trinajstić information content (AvgIpc) is 3.09. The fourth-order valence-electron chi connectivity index (χ4n) is 4.66. The Labute approximate surface area is 180 Å². The van der Waals surface area contributed by atoms with Gasteiger partial charge in [0.05, 0.1) is 5.66 Å². The maximum absolute atomic E-state index is 13.4. The van der Waals surface area contributed by atoms with Gasteiger partial charge >= 0.3 is 5.97 Å². The first-order chi connectivity index (χ1) is 14.1. The highest BCUT2D eigenvalue weighted by atomic mass is 32.2. The van der Waals surface area contributed by atoms with Crippen LogP contribution in [-0.4, -0.2) is 69.4 Å². The predicted octanol–water partition coefficient (Wildman–Crippen LogP) is 1.47. The molecule has 1 aromatic rings. The molecule has 2 amide bonds. The van der Waals surface area contributed by atoms with Crippen LogP contribution in [0.4, 0.5) is 0 Å². The van der Waals surface area contributed by atoms with Gasteiger partial charge in [-0.1, -0.05) is 30.3 Å². The topological polar surface area (TPSA) is 88.2 Å². The number of fused-ring (bicyclic) bond motifs is 1. The number of benzene rings is 1. The average molecular weight is 434 g/mol. The summed E-state index contributed by atoms with van der Waals surface area (Å²) in [6, 6.07) is 7.63. The lowest BCUT2D eigenvalue weighted by Crippen LogP contribution is -2.73. The third-order valence-electron chi connectivity index (χ3n) is 5.95. The van der Waals surface area contributed by atoms with Crippen LogP contribution in [0.15, 0.2) is 30.3 Å². The molecule has 3 fully saturated rings. The van der Waals surface area contributed by atoms with Gasteiger partial charge in [-0.05, 0) is 33.3 Å². The van der Waals surface area contributed by atoms with Gasteiger partial charge in [0.25, 0.3) is 0 Å². The highest BCUT2D eigenvalue weighted by molar-refractivity contribution is 8.01. The van der Waals surface area contributed by atoms with Gasteiger partial charge in [-0.25, -0.2) is 4.79 Å². The maximum atomic E-state index is 13.4. The molecule has 0 spiro atoms. The predicted molar refractivity (Wildman–Crippen MR) is 111 cm³/mol. The van der Waals surface area contributed by atoms with Crippen LogP contribution in [0.5, 0.6) is 0 Å². The van der Waals surface area contributed by atoms with Crippen LogP contribution < -0.4 is 5.32 Å². The molecule has 0 aromatic heterocycles. The molecule has 3 saturated heterocycles. The number of methoxy groups -OCH3 is 1. The van der Waals surface area contributed by atoms with Crippen molar-refractivity contribution in [2.24, 2.45) is 0 Å². The van der Waals surface area contributed by atoms with Crippen molar-refractivity contribution in [3.8, 4) is 0 Å². The first kappa shape index (κ1) is 21.1. The highest BCUT2D eigenvalue weighted by Gasteiger charge is 2.68. The second kappa shape index (κ2) is 7.25. The molecule has 0 unspecified atom stereocenters. The van der Waals surface area contributed by atoms with Crippen molar-refractivity contribution >= 4 is 29.5 Å². The van der Waals surface area contributed by atoms with Gasteiger partial charge in [-0.3, -0.25) is 14.9 Å². The molecule has 0 bridgehead atoms. The number of amides is 2. The van der Waals surface area contributed by atoms with Crippen molar-refractivity contribution in [1.82, 2.24) is 15.1 Å². The lowest BCUT2D eigenvalue weighted by Gasteiger charge is -2.50. The largest absolute Gasteiger partial charge is 0.437 e. The molecule has 1 N–H and O–H groups in total. The fourth-order valence-corrected chi connectivity index (χ4v) is 6.33. The van der Waals surface area contributed by atoms with Gasteiger partial charge in [0.1, 0.15) is 23.5 Å². The Kier molecular flexibility index (Phi) is 5.11. The van der Waals surface area contributed by atoms with Gasteiger partial charge in [0.15, 0.2) is 6.79 Å². The SMILES string of the molecule is COCOC(=O)[C@@H]1N2C(=O)[C@@H](N3C(=O)[C@H](c4ccccc4)NC3(C)C)[C@H]2SC1(C)C. The molecule has 3 aliphatic rings. The molecule has 0 saturated carbocycles. The van der Waals surface area contributed by atoms with E-state index in [1.807, 2.05) is 58.0 Å². The van der Waals surface area contributed by atoms with E-state index in [1.54, 1.807) is 9.80 Å². The number of ether oxygens (including phenoxy) is 2. The molecule has 4 atom stereocenters. The molecule has 1 aromatic carbocycles. The third kappa shape index (κ3) is 3.11. The summed E-state index contributed by atoms with van der Waals surface area (Å²) in [5.41, 5.74) is 0.158. The van der Waals surface area contributed by atoms with Crippen LogP contribution in [0.1, 0.15) is 39.3 Å². The normalized spacial score (nSPS) is 31.5. The second-order valence-corrected chi connectivity index (χ2v) is 10.6. The summed E-state index contributed by atoms with van der Waals surface area (Å²) in [6.45, 7) is 7.48. The summed E-state index contributed by atoms with van der Waals surface area (Å²) < 4.78 is 9.44. The zero-order valence-corrected chi connectivity index (χ0v) is 18.6. The molecule has 3 aliphatic heterocycles. The zero-order valence-electron chi connectivity index (χ0n) is 17.7. The lowest BCUT2D eigenvalue weighted by molar-refractivity contribution is -0.176. The van der Waals surface area contributed by atoms with Crippen LogP contribution in [0.2, 0.25) is 0 Å². The summed E-state index contributed by atoms with van der Waals surface area (Å²) in [6.07, 6.45) is 0. The molecule has 4 rings (SSSR count). The number of carbonyl (C=O) groups excluding carboxylic acids is 3. The van der Waals surface area contributed by atoms with E-state index < -0.39 is 34.5 Å². The number of nitrogens with one attached hydrogen (secondary N) is 1. The molecule has 30 heavy (non-hydrogen) atoms. The van der Waals surface area contributed by atoms with E-state index in [9.17, 15) is 14.4 Å². The highest BCUT2D eigenvalue weighted by Crippen LogP contribution is 2.54. The number of β-lactam (4-membered cyclic amide) rings is 1. The number of rotatable bonds is 5. The Bertz CT molecular complexity index is 875. The van der Waals surface area contributed by atoms with Crippen LogP contribution in [0.3, 0.4) is 0 Å². The lowest BCUT2D eigenvalue weighted by atomic mass is 9.94. The molecule has 3 heterocycles. The summed E-state index contributed by atoms with van der Waals surface area (Å²) in [7, 11) is 1.44. The smallest absolute Gasteiger partial charge is 0.332 e. The van der Waals surface area contributed by atoms with Gasteiger partial charge in [-0.2, -0.15) is 0 Å². The Morgan fingerprint density at radius 2 is 1.80 bits per heavy atom. The Morgan fingerprint density at radius 3 is 2.43 bits per heavy atom. The minimum atomic E-state index is -0.718. The summed E-state index contributed by atoms with van der Waals surface area (Å²) in [4.78, 5) is 42.4. The van der Waals surface area contributed by atoms with Crippen molar-refractivity contribution in [1.29, 1.82) is 0 Å². The Balaban J connectivity index is 1.60. The monoisotopic (exact) mass is 433 g/mol. The summed E-state index contributed by atoms with van der Waals surface area (Å²) in [5.74, 6) is -0.849. The third-order valence-corrected chi connectivity index (χ3v) is 7.51. The number of thioether (sulfide) groups is 1. The van der Waals surface area contributed by atoms with E-state index in [1.165, 1.54) is 18.9 Å². The Morgan fingerprint density at radius 1 is 1.13 bits per heavy atom. The van der Waals surface area contributed by atoms with Gasteiger partial charge < -0.3 is 19.3 Å². The molecule has 9 heteroatoms. The minimum Gasteiger partial charge on any atom is -0.437 e. The van der Waals surface area contributed by atoms with Gasteiger partial charge in [-0.15, -0.1) is 11.8 Å². The van der Waals surface area contributed by atoms with Crippen LogP contribution in [0, 0.1) is 0 Å². The zero-order chi connectivity index (χ0) is 21.8. The first-order valence-electron chi connectivity index (χ1n) is 9.91. The maximum Gasteiger partial charge on any atom is 0.332 e. The van der Waals surface area contributed by atoms with Crippen LogP contribution in [0.25, 0.3) is 0 Å². The molecule has 0 radical (unpaired) electrons. The van der Waals surface area contributed by atoms with Gasteiger partial charge in [0.2, 0.25) is 11.8 Å². The van der Waals surface area contributed by atoms with Crippen molar-refractivity contribution in [3.05, 3.63) is 35.9 Å². The minimum absolute atomic E-state index is 0.131. The molecule has 162 valence electrons. The van der Waals surface area contributed by atoms with Crippen LogP contribution in [-0.2, 0) is 23.9 Å². The standard InChI is InChI=1S/C21H27N3O5S/c1-20(2)15(19(27)29-11-28-5)23-17(26)14(18(23)30-20)24-16(25)13(22-21(24,3)4)12-9-7-6-8-10-12/h6-10,13-15,18,22H,11H2,1-5H3/t13-,14+,15-,18+/m0/s1. The van der Waals surface area contributed by atoms with Crippen molar-refractivity contribution in [2.45, 2.75) is 61.6 Å². The number of nitrogens with zero attached hydrogens (tertiary/aromatic N) is 2. The Hall–Kier alpha value is -2.10. The number of hydrogen-bond donors (Lipinski definition) is 1. The number of esters is 1. The second-order valence-electron chi connectivity index (χ2n) is 8.83. The van der Waals surface area contributed by atoms with E-state index in [0.717, 1.165) is 5.56 Å². The number of hydrogen-bond acceptors (Lipinski definition) is 7. The van der Waals surface area contributed by atoms with Crippen LogP contribution >= 0.6 is 11.8 Å².